The predicted octanol–water partition coefficient (Wildman–Crippen LogP) is 3.14. The number of benzene rings is 1. The molecule has 2 aromatic rings. The first kappa shape index (κ1) is 17.8. The minimum absolute atomic E-state index is 0.0633. The average Bonchev–Trinajstić information content (AvgIpc) is 3.14. The Morgan fingerprint density at radius 3 is 2.33 bits per heavy atom. The fraction of sp³-hybridized carbons (Fsp3) is 0.368. The number of carbonyl (C=O) groups is 2. The topological polar surface area (TPSA) is 51.5 Å². The molecule has 128 valence electrons. The Morgan fingerprint density at radius 1 is 1.17 bits per heavy atom. The van der Waals surface area contributed by atoms with Gasteiger partial charge in [0, 0.05) is 36.7 Å². The number of hydrogen-bond donors (Lipinski definition) is 0. The molecular formula is C19H24N2O3. The third-order valence-corrected chi connectivity index (χ3v) is 3.90. The molecule has 1 heterocycles. The maximum atomic E-state index is 12.7. The second kappa shape index (κ2) is 8.34. The summed E-state index contributed by atoms with van der Waals surface area (Å²) < 4.78 is 6.74. The molecule has 1 atom stereocenters. The quantitative estimate of drug-likeness (QED) is 0.734. The smallest absolute Gasteiger partial charge is 0.310 e. The standard InChI is InChI=1S/C19H24N2O3/c1-4-11-21(14-15(2)19(23)24-3)18(22)16-7-9-17(10-8-16)20-12-5-6-13-20/h5-10,12-13,15H,4,11,14H2,1-3H3. The van der Waals surface area contributed by atoms with Crippen LogP contribution in [0.3, 0.4) is 0 Å². The van der Waals surface area contributed by atoms with Crippen LogP contribution >= 0.6 is 0 Å². The minimum atomic E-state index is -0.343. The van der Waals surface area contributed by atoms with Crippen molar-refractivity contribution in [1.82, 2.24) is 9.47 Å². The highest BCUT2D eigenvalue weighted by atomic mass is 16.5. The first-order valence-corrected chi connectivity index (χ1v) is 8.17. The van der Waals surface area contributed by atoms with Crippen LogP contribution in [0.2, 0.25) is 0 Å². The van der Waals surface area contributed by atoms with Crippen LogP contribution < -0.4 is 0 Å². The van der Waals surface area contributed by atoms with Gasteiger partial charge in [0.25, 0.3) is 5.91 Å². The summed E-state index contributed by atoms with van der Waals surface area (Å²) in [6.07, 6.45) is 4.75. The maximum absolute atomic E-state index is 12.7. The van der Waals surface area contributed by atoms with Crippen molar-refractivity contribution in [2.75, 3.05) is 20.2 Å². The molecule has 0 spiro atoms. The van der Waals surface area contributed by atoms with E-state index in [1.54, 1.807) is 11.8 Å². The van der Waals surface area contributed by atoms with Crippen LogP contribution in [0.5, 0.6) is 0 Å². The summed E-state index contributed by atoms with van der Waals surface area (Å²) in [5, 5.41) is 0. The zero-order valence-corrected chi connectivity index (χ0v) is 14.4. The molecule has 0 aliphatic heterocycles. The molecule has 0 N–H and O–H groups in total. The van der Waals surface area contributed by atoms with E-state index in [1.807, 2.05) is 60.3 Å². The van der Waals surface area contributed by atoms with Gasteiger partial charge in [0.15, 0.2) is 0 Å². The fourth-order valence-electron chi connectivity index (χ4n) is 2.62. The van der Waals surface area contributed by atoms with Crippen molar-refractivity contribution in [1.29, 1.82) is 0 Å². The molecule has 0 radical (unpaired) electrons. The summed E-state index contributed by atoms with van der Waals surface area (Å²) >= 11 is 0. The number of hydrogen-bond acceptors (Lipinski definition) is 3. The van der Waals surface area contributed by atoms with E-state index in [0.29, 0.717) is 18.7 Å². The lowest BCUT2D eigenvalue weighted by atomic mass is 10.1. The lowest BCUT2D eigenvalue weighted by Crippen LogP contribution is -2.37. The molecule has 0 saturated heterocycles. The number of esters is 1. The summed E-state index contributed by atoms with van der Waals surface area (Å²) in [7, 11) is 1.37. The second-order valence-corrected chi connectivity index (χ2v) is 5.81. The number of rotatable bonds is 7. The molecule has 5 nitrogen and oxygen atoms in total. The summed E-state index contributed by atoms with van der Waals surface area (Å²) in [5.41, 5.74) is 1.62. The Labute approximate surface area is 142 Å². The molecule has 24 heavy (non-hydrogen) atoms. The Balaban J connectivity index is 2.12. The third kappa shape index (κ3) is 4.25. The van der Waals surface area contributed by atoms with E-state index in [1.165, 1.54) is 7.11 Å². The number of aromatic nitrogens is 1. The minimum Gasteiger partial charge on any atom is -0.469 e. The summed E-state index contributed by atoms with van der Waals surface area (Å²) in [5.74, 6) is -0.705. The monoisotopic (exact) mass is 328 g/mol. The highest BCUT2D eigenvalue weighted by Gasteiger charge is 2.22. The van der Waals surface area contributed by atoms with E-state index in [2.05, 4.69) is 0 Å². The molecule has 1 unspecified atom stereocenters. The van der Waals surface area contributed by atoms with Crippen LogP contribution in [-0.4, -0.2) is 41.5 Å². The molecule has 0 saturated carbocycles. The zero-order valence-electron chi connectivity index (χ0n) is 14.4. The first-order valence-electron chi connectivity index (χ1n) is 8.17. The van der Waals surface area contributed by atoms with Crippen molar-refractivity contribution in [2.24, 2.45) is 5.92 Å². The van der Waals surface area contributed by atoms with Crippen LogP contribution in [0.1, 0.15) is 30.6 Å². The van der Waals surface area contributed by atoms with Crippen molar-refractivity contribution in [2.45, 2.75) is 20.3 Å². The third-order valence-electron chi connectivity index (χ3n) is 3.90. The van der Waals surface area contributed by atoms with E-state index in [-0.39, 0.29) is 17.8 Å². The molecule has 0 aliphatic rings. The molecule has 0 bridgehead atoms. The van der Waals surface area contributed by atoms with Crippen molar-refractivity contribution in [3.8, 4) is 5.69 Å². The molecule has 1 amide bonds. The molecule has 0 aliphatic carbocycles. The normalized spacial score (nSPS) is 11.8. The first-order chi connectivity index (χ1) is 11.6. The molecule has 0 fully saturated rings. The largest absolute Gasteiger partial charge is 0.469 e. The molecule has 2 rings (SSSR count). The van der Waals surface area contributed by atoms with E-state index < -0.39 is 0 Å². The highest BCUT2D eigenvalue weighted by molar-refractivity contribution is 5.94. The average molecular weight is 328 g/mol. The van der Waals surface area contributed by atoms with Crippen LogP contribution in [-0.2, 0) is 9.53 Å². The van der Waals surface area contributed by atoms with Crippen molar-refractivity contribution in [3.05, 3.63) is 54.4 Å². The van der Waals surface area contributed by atoms with E-state index in [0.717, 1.165) is 12.1 Å². The van der Waals surface area contributed by atoms with Gasteiger partial charge in [0.2, 0.25) is 0 Å². The van der Waals surface area contributed by atoms with Crippen molar-refractivity contribution >= 4 is 11.9 Å². The summed E-state index contributed by atoms with van der Waals surface area (Å²) in [4.78, 5) is 26.1. The van der Waals surface area contributed by atoms with Gasteiger partial charge in [-0.05, 0) is 42.8 Å². The predicted molar refractivity (Wildman–Crippen MR) is 93.1 cm³/mol. The maximum Gasteiger partial charge on any atom is 0.310 e. The Kier molecular flexibility index (Phi) is 6.18. The zero-order chi connectivity index (χ0) is 17.5. The van der Waals surface area contributed by atoms with Gasteiger partial charge in [-0.3, -0.25) is 9.59 Å². The number of nitrogens with zero attached hydrogens (tertiary/aromatic N) is 2. The van der Waals surface area contributed by atoms with Gasteiger partial charge in [0.1, 0.15) is 0 Å². The van der Waals surface area contributed by atoms with Gasteiger partial charge in [-0.1, -0.05) is 13.8 Å². The molecule has 5 heteroatoms. The van der Waals surface area contributed by atoms with Gasteiger partial charge in [0.05, 0.1) is 13.0 Å². The number of ether oxygens (including phenoxy) is 1. The van der Waals surface area contributed by atoms with Crippen LogP contribution in [0, 0.1) is 5.92 Å². The van der Waals surface area contributed by atoms with Gasteiger partial charge >= 0.3 is 5.97 Å². The van der Waals surface area contributed by atoms with Crippen LogP contribution in [0.15, 0.2) is 48.8 Å². The fourth-order valence-corrected chi connectivity index (χ4v) is 2.62. The summed E-state index contributed by atoms with van der Waals surface area (Å²) in [6.45, 7) is 4.76. The van der Waals surface area contributed by atoms with Crippen molar-refractivity contribution in [3.63, 3.8) is 0 Å². The van der Waals surface area contributed by atoms with Gasteiger partial charge < -0.3 is 14.2 Å². The van der Waals surface area contributed by atoms with Gasteiger partial charge in [-0.15, -0.1) is 0 Å². The Morgan fingerprint density at radius 2 is 1.79 bits per heavy atom. The van der Waals surface area contributed by atoms with E-state index in [4.69, 9.17) is 4.74 Å². The van der Waals surface area contributed by atoms with E-state index >= 15 is 0 Å². The lowest BCUT2D eigenvalue weighted by Gasteiger charge is -2.24. The molecule has 1 aromatic heterocycles. The Bertz CT molecular complexity index is 662. The van der Waals surface area contributed by atoms with Gasteiger partial charge in [-0.2, -0.15) is 0 Å². The van der Waals surface area contributed by atoms with E-state index in [9.17, 15) is 9.59 Å². The summed E-state index contributed by atoms with van der Waals surface area (Å²) in [6, 6.07) is 11.4. The number of methoxy groups -OCH3 is 1. The number of carbonyl (C=O) groups excluding carboxylic acids is 2. The lowest BCUT2D eigenvalue weighted by molar-refractivity contribution is -0.145. The number of amides is 1. The van der Waals surface area contributed by atoms with Crippen molar-refractivity contribution < 1.29 is 14.3 Å². The second-order valence-electron chi connectivity index (χ2n) is 5.81. The SMILES string of the molecule is CCCN(CC(C)C(=O)OC)C(=O)c1ccc(-n2cccc2)cc1. The molecular weight excluding hydrogens is 304 g/mol. The highest BCUT2D eigenvalue weighted by Crippen LogP contribution is 2.14. The Hall–Kier alpha value is -2.56. The molecule has 1 aromatic carbocycles. The van der Waals surface area contributed by atoms with Crippen LogP contribution in [0.4, 0.5) is 0 Å². The van der Waals surface area contributed by atoms with Gasteiger partial charge in [-0.25, -0.2) is 0 Å². The van der Waals surface area contributed by atoms with Crippen LogP contribution in [0.25, 0.3) is 5.69 Å².